The van der Waals surface area contributed by atoms with E-state index in [1.807, 2.05) is 6.07 Å². The van der Waals surface area contributed by atoms with Crippen LogP contribution in [0.4, 0.5) is 0 Å². The molecule has 0 aliphatic heterocycles. The molecule has 1 atom stereocenters. The van der Waals surface area contributed by atoms with Crippen molar-refractivity contribution in [1.29, 1.82) is 0 Å². The average molecular weight is 277 g/mol. The number of benzene rings is 1. The molecule has 1 aromatic rings. The van der Waals surface area contributed by atoms with Gasteiger partial charge in [0.15, 0.2) is 11.5 Å². The second-order valence-corrected chi connectivity index (χ2v) is 5.97. The first-order chi connectivity index (χ1) is 9.64. The fraction of sp³-hybridized carbons (Fsp3) is 0.647. The molecule has 20 heavy (non-hydrogen) atoms. The zero-order chi connectivity index (χ0) is 14.6. The van der Waals surface area contributed by atoms with E-state index in [0.717, 1.165) is 18.0 Å². The summed E-state index contributed by atoms with van der Waals surface area (Å²) in [5.74, 6) is 1.58. The standard InChI is InChI=1S/C17H27NO2/c1-5-8-17(9-10-17)12-18-13(2)14-6-7-15(19-3)16(11-14)20-4/h6-7,11,13,18H,5,8-10,12H2,1-4H3. The van der Waals surface area contributed by atoms with E-state index in [4.69, 9.17) is 9.47 Å². The van der Waals surface area contributed by atoms with Gasteiger partial charge >= 0.3 is 0 Å². The third-order valence-electron chi connectivity index (χ3n) is 4.43. The lowest BCUT2D eigenvalue weighted by molar-refractivity contribution is 0.353. The number of nitrogens with one attached hydrogen (secondary N) is 1. The van der Waals surface area contributed by atoms with Crippen LogP contribution in [0, 0.1) is 5.41 Å². The van der Waals surface area contributed by atoms with E-state index in [0.29, 0.717) is 11.5 Å². The quantitative estimate of drug-likeness (QED) is 0.781. The Balaban J connectivity index is 1.97. The number of methoxy groups -OCH3 is 2. The first-order valence-corrected chi connectivity index (χ1v) is 7.59. The van der Waals surface area contributed by atoms with E-state index >= 15 is 0 Å². The van der Waals surface area contributed by atoms with Crippen molar-refractivity contribution in [3.8, 4) is 11.5 Å². The highest BCUT2D eigenvalue weighted by Gasteiger charge is 2.41. The molecule has 3 heteroatoms. The molecule has 1 saturated carbocycles. The van der Waals surface area contributed by atoms with Gasteiger partial charge in [-0.2, -0.15) is 0 Å². The summed E-state index contributed by atoms with van der Waals surface area (Å²) in [7, 11) is 3.35. The maximum absolute atomic E-state index is 5.37. The van der Waals surface area contributed by atoms with Crippen LogP contribution < -0.4 is 14.8 Å². The average Bonchev–Trinajstić information content (AvgIpc) is 3.24. The highest BCUT2D eigenvalue weighted by molar-refractivity contribution is 5.43. The molecular formula is C17H27NO2. The molecule has 0 amide bonds. The van der Waals surface area contributed by atoms with Crippen molar-refractivity contribution in [3.63, 3.8) is 0 Å². The summed E-state index contributed by atoms with van der Waals surface area (Å²) < 4.78 is 10.7. The topological polar surface area (TPSA) is 30.5 Å². The first-order valence-electron chi connectivity index (χ1n) is 7.59. The molecule has 1 unspecified atom stereocenters. The van der Waals surface area contributed by atoms with Gasteiger partial charge in [0.25, 0.3) is 0 Å². The van der Waals surface area contributed by atoms with E-state index in [9.17, 15) is 0 Å². The second-order valence-electron chi connectivity index (χ2n) is 5.97. The molecule has 0 heterocycles. The fourth-order valence-electron chi connectivity index (χ4n) is 2.83. The van der Waals surface area contributed by atoms with Gasteiger partial charge < -0.3 is 14.8 Å². The fourth-order valence-corrected chi connectivity index (χ4v) is 2.83. The van der Waals surface area contributed by atoms with Crippen LogP contribution in [0.15, 0.2) is 18.2 Å². The zero-order valence-corrected chi connectivity index (χ0v) is 13.2. The lowest BCUT2D eigenvalue weighted by Gasteiger charge is -2.21. The van der Waals surface area contributed by atoms with Crippen LogP contribution >= 0.6 is 0 Å². The number of rotatable bonds is 8. The van der Waals surface area contributed by atoms with Gasteiger partial charge in [0.2, 0.25) is 0 Å². The molecule has 0 aromatic heterocycles. The molecule has 1 aliphatic carbocycles. The number of hydrogen-bond donors (Lipinski definition) is 1. The molecule has 1 N–H and O–H groups in total. The van der Waals surface area contributed by atoms with Crippen LogP contribution in [0.2, 0.25) is 0 Å². The summed E-state index contributed by atoms with van der Waals surface area (Å²) >= 11 is 0. The summed E-state index contributed by atoms with van der Waals surface area (Å²) in [5, 5.41) is 3.68. The van der Waals surface area contributed by atoms with Crippen molar-refractivity contribution in [2.75, 3.05) is 20.8 Å². The highest BCUT2D eigenvalue weighted by atomic mass is 16.5. The minimum absolute atomic E-state index is 0.337. The molecular weight excluding hydrogens is 250 g/mol. The van der Waals surface area contributed by atoms with E-state index in [1.165, 1.54) is 31.2 Å². The van der Waals surface area contributed by atoms with E-state index < -0.39 is 0 Å². The van der Waals surface area contributed by atoms with Crippen molar-refractivity contribution in [2.24, 2.45) is 5.41 Å². The SMILES string of the molecule is CCCC1(CNC(C)c2ccc(OC)c(OC)c2)CC1. The van der Waals surface area contributed by atoms with Gasteiger partial charge in [-0.05, 0) is 49.3 Å². The molecule has 0 bridgehead atoms. The molecule has 0 spiro atoms. The lowest BCUT2D eigenvalue weighted by atomic mass is 9.99. The van der Waals surface area contributed by atoms with Gasteiger partial charge in [0, 0.05) is 12.6 Å². The predicted octanol–water partition coefficient (Wildman–Crippen LogP) is 3.93. The van der Waals surface area contributed by atoms with Crippen LogP contribution in [-0.2, 0) is 0 Å². The van der Waals surface area contributed by atoms with Gasteiger partial charge in [-0.3, -0.25) is 0 Å². The van der Waals surface area contributed by atoms with Crippen LogP contribution in [0.5, 0.6) is 11.5 Å². The number of ether oxygens (including phenoxy) is 2. The van der Waals surface area contributed by atoms with Crippen LogP contribution in [-0.4, -0.2) is 20.8 Å². The lowest BCUT2D eigenvalue weighted by Crippen LogP contribution is -2.26. The Morgan fingerprint density at radius 1 is 1.20 bits per heavy atom. The van der Waals surface area contributed by atoms with Crippen LogP contribution in [0.25, 0.3) is 0 Å². The smallest absolute Gasteiger partial charge is 0.161 e. The van der Waals surface area contributed by atoms with Crippen molar-refractivity contribution >= 4 is 0 Å². The Morgan fingerprint density at radius 2 is 1.90 bits per heavy atom. The molecule has 1 aliphatic rings. The minimum atomic E-state index is 0.337. The summed E-state index contributed by atoms with van der Waals surface area (Å²) in [5.41, 5.74) is 1.83. The maximum atomic E-state index is 5.37. The van der Waals surface area contributed by atoms with E-state index in [1.54, 1.807) is 14.2 Å². The molecule has 2 rings (SSSR count). The summed E-state index contributed by atoms with van der Waals surface area (Å²) in [6.45, 7) is 5.61. The van der Waals surface area contributed by atoms with Gasteiger partial charge in [-0.15, -0.1) is 0 Å². The Kier molecular flexibility index (Phi) is 4.92. The van der Waals surface area contributed by atoms with Gasteiger partial charge in [-0.1, -0.05) is 19.4 Å². The monoisotopic (exact) mass is 277 g/mol. The number of hydrogen-bond acceptors (Lipinski definition) is 3. The first kappa shape index (κ1) is 15.2. The highest BCUT2D eigenvalue weighted by Crippen LogP contribution is 2.49. The summed E-state index contributed by atoms with van der Waals surface area (Å²) in [4.78, 5) is 0. The van der Waals surface area contributed by atoms with Crippen molar-refractivity contribution in [2.45, 2.75) is 45.6 Å². The largest absolute Gasteiger partial charge is 0.493 e. The molecule has 1 aromatic carbocycles. The third-order valence-corrected chi connectivity index (χ3v) is 4.43. The summed E-state index contributed by atoms with van der Waals surface area (Å²) in [6.07, 6.45) is 5.39. The van der Waals surface area contributed by atoms with E-state index in [-0.39, 0.29) is 0 Å². The zero-order valence-electron chi connectivity index (χ0n) is 13.2. The minimum Gasteiger partial charge on any atom is -0.493 e. The second kappa shape index (κ2) is 6.49. The molecule has 3 nitrogen and oxygen atoms in total. The van der Waals surface area contributed by atoms with E-state index in [2.05, 4.69) is 31.3 Å². The Bertz CT molecular complexity index is 441. The predicted molar refractivity (Wildman–Crippen MR) is 82.5 cm³/mol. The Morgan fingerprint density at radius 3 is 2.45 bits per heavy atom. The maximum Gasteiger partial charge on any atom is 0.161 e. The Labute approximate surface area is 122 Å². The molecule has 0 radical (unpaired) electrons. The summed E-state index contributed by atoms with van der Waals surface area (Å²) in [6, 6.07) is 6.49. The van der Waals surface area contributed by atoms with Gasteiger partial charge in [0.05, 0.1) is 14.2 Å². The van der Waals surface area contributed by atoms with Crippen LogP contribution in [0.1, 0.15) is 51.1 Å². The molecule has 0 saturated heterocycles. The molecule has 112 valence electrons. The normalized spacial score (nSPS) is 17.6. The van der Waals surface area contributed by atoms with Crippen molar-refractivity contribution in [1.82, 2.24) is 5.32 Å². The Hall–Kier alpha value is -1.22. The third kappa shape index (κ3) is 3.45. The van der Waals surface area contributed by atoms with Crippen molar-refractivity contribution in [3.05, 3.63) is 23.8 Å². The molecule has 1 fully saturated rings. The van der Waals surface area contributed by atoms with Gasteiger partial charge in [0.1, 0.15) is 0 Å². The van der Waals surface area contributed by atoms with Gasteiger partial charge in [-0.25, -0.2) is 0 Å². The van der Waals surface area contributed by atoms with Crippen LogP contribution in [0.3, 0.4) is 0 Å². The van der Waals surface area contributed by atoms with Crippen molar-refractivity contribution < 1.29 is 9.47 Å².